The number of aryl methyl sites for hydroxylation is 1. The van der Waals surface area contributed by atoms with Crippen molar-refractivity contribution < 1.29 is 0 Å². The minimum absolute atomic E-state index is 0.568. The standard InChI is InChI=1S/C12H15Cl2N/c1-2-3-10-4-6-12(7-5-10)15-9-11(14)8-13/h4-8,15H,2-3,9H2,1H3. The van der Waals surface area contributed by atoms with E-state index >= 15 is 0 Å². The SMILES string of the molecule is CCCc1ccc(NCC(Cl)=CCl)cc1. The average molecular weight is 244 g/mol. The van der Waals surface area contributed by atoms with E-state index in [1.54, 1.807) is 0 Å². The molecule has 15 heavy (non-hydrogen) atoms. The summed E-state index contributed by atoms with van der Waals surface area (Å²) < 4.78 is 0. The third-order valence-corrected chi connectivity index (χ3v) is 2.69. The molecule has 0 heterocycles. The van der Waals surface area contributed by atoms with Crippen molar-refractivity contribution in [3.63, 3.8) is 0 Å². The van der Waals surface area contributed by atoms with Gasteiger partial charge in [-0.2, -0.15) is 0 Å². The first-order valence-electron chi connectivity index (χ1n) is 5.04. The number of hydrogen-bond donors (Lipinski definition) is 1. The van der Waals surface area contributed by atoms with Gasteiger partial charge in [-0.15, -0.1) is 0 Å². The molecule has 0 fully saturated rings. The van der Waals surface area contributed by atoms with E-state index in [0.717, 1.165) is 12.1 Å². The molecule has 82 valence electrons. The second-order valence-electron chi connectivity index (χ2n) is 3.36. The van der Waals surface area contributed by atoms with Crippen LogP contribution in [0.5, 0.6) is 0 Å². The summed E-state index contributed by atoms with van der Waals surface area (Å²) >= 11 is 11.2. The van der Waals surface area contributed by atoms with Crippen molar-refractivity contribution in [2.24, 2.45) is 0 Å². The van der Waals surface area contributed by atoms with Crippen LogP contribution >= 0.6 is 23.2 Å². The van der Waals surface area contributed by atoms with Crippen molar-refractivity contribution in [3.05, 3.63) is 40.4 Å². The van der Waals surface area contributed by atoms with E-state index in [2.05, 4.69) is 36.5 Å². The minimum Gasteiger partial charge on any atom is -0.380 e. The molecular weight excluding hydrogens is 229 g/mol. The summed E-state index contributed by atoms with van der Waals surface area (Å²) in [6.07, 6.45) is 2.30. The summed E-state index contributed by atoms with van der Waals surface area (Å²) in [5.41, 5.74) is 3.80. The van der Waals surface area contributed by atoms with Gasteiger partial charge >= 0.3 is 0 Å². The molecule has 1 nitrogen and oxygen atoms in total. The molecule has 1 N–H and O–H groups in total. The molecule has 1 aromatic rings. The maximum absolute atomic E-state index is 5.76. The van der Waals surface area contributed by atoms with Gasteiger partial charge in [0, 0.05) is 16.3 Å². The Hall–Kier alpha value is -0.660. The predicted octanol–water partition coefficient (Wildman–Crippen LogP) is 4.37. The summed E-state index contributed by atoms with van der Waals surface area (Å²) in [5.74, 6) is 0. The van der Waals surface area contributed by atoms with Crippen LogP contribution in [0.15, 0.2) is 34.8 Å². The zero-order valence-electron chi connectivity index (χ0n) is 8.76. The molecule has 0 amide bonds. The molecule has 1 aromatic carbocycles. The summed E-state index contributed by atoms with van der Waals surface area (Å²) in [4.78, 5) is 0. The van der Waals surface area contributed by atoms with Crippen LogP contribution < -0.4 is 5.32 Å². The van der Waals surface area contributed by atoms with Crippen LogP contribution in [0.25, 0.3) is 0 Å². The van der Waals surface area contributed by atoms with E-state index in [1.807, 2.05) is 0 Å². The number of benzene rings is 1. The van der Waals surface area contributed by atoms with Gasteiger partial charge in [0.05, 0.1) is 6.54 Å². The third-order valence-electron chi connectivity index (χ3n) is 2.07. The number of rotatable bonds is 5. The second kappa shape index (κ2) is 6.76. The van der Waals surface area contributed by atoms with Gasteiger partial charge in [-0.25, -0.2) is 0 Å². The van der Waals surface area contributed by atoms with E-state index in [-0.39, 0.29) is 0 Å². The third kappa shape index (κ3) is 4.59. The first-order valence-corrected chi connectivity index (χ1v) is 5.85. The molecule has 0 saturated heterocycles. The normalized spacial score (nSPS) is 11.5. The highest BCUT2D eigenvalue weighted by Gasteiger charge is 1.95. The maximum Gasteiger partial charge on any atom is 0.0516 e. The van der Waals surface area contributed by atoms with Gasteiger partial charge in [-0.3, -0.25) is 0 Å². The minimum atomic E-state index is 0.568. The van der Waals surface area contributed by atoms with E-state index in [9.17, 15) is 0 Å². The van der Waals surface area contributed by atoms with E-state index in [4.69, 9.17) is 23.2 Å². The average Bonchev–Trinajstić information content (AvgIpc) is 2.28. The fourth-order valence-corrected chi connectivity index (χ4v) is 1.45. The predicted molar refractivity (Wildman–Crippen MR) is 68.7 cm³/mol. The van der Waals surface area contributed by atoms with Crippen molar-refractivity contribution in [2.45, 2.75) is 19.8 Å². The van der Waals surface area contributed by atoms with Gasteiger partial charge in [0.2, 0.25) is 0 Å². The molecule has 0 aliphatic heterocycles. The van der Waals surface area contributed by atoms with Crippen LogP contribution in [0.4, 0.5) is 5.69 Å². The Labute approximate surface area is 101 Å². The fraction of sp³-hybridized carbons (Fsp3) is 0.333. The van der Waals surface area contributed by atoms with Crippen molar-refractivity contribution >= 4 is 28.9 Å². The summed E-state index contributed by atoms with van der Waals surface area (Å²) in [6.45, 7) is 2.75. The van der Waals surface area contributed by atoms with Gasteiger partial charge < -0.3 is 5.32 Å². The zero-order chi connectivity index (χ0) is 11.1. The van der Waals surface area contributed by atoms with Gasteiger partial charge in [0.1, 0.15) is 0 Å². The van der Waals surface area contributed by atoms with E-state index < -0.39 is 0 Å². The van der Waals surface area contributed by atoms with Crippen molar-refractivity contribution in [1.29, 1.82) is 0 Å². The monoisotopic (exact) mass is 243 g/mol. The largest absolute Gasteiger partial charge is 0.380 e. The van der Waals surface area contributed by atoms with Gasteiger partial charge in [0.25, 0.3) is 0 Å². The fourth-order valence-electron chi connectivity index (χ4n) is 1.30. The first-order chi connectivity index (χ1) is 7.26. The van der Waals surface area contributed by atoms with Crippen LogP contribution in [-0.4, -0.2) is 6.54 Å². The molecule has 0 bridgehead atoms. The Bertz CT molecular complexity index is 317. The quantitative estimate of drug-likeness (QED) is 0.810. The topological polar surface area (TPSA) is 12.0 Å². The second-order valence-corrected chi connectivity index (χ2v) is 4.06. The molecule has 3 heteroatoms. The smallest absolute Gasteiger partial charge is 0.0516 e. The van der Waals surface area contributed by atoms with Crippen molar-refractivity contribution in [1.82, 2.24) is 0 Å². The van der Waals surface area contributed by atoms with Crippen LogP contribution in [0.3, 0.4) is 0 Å². The zero-order valence-corrected chi connectivity index (χ0v) is 10.3. The summed E-state index contributed by atoms with van der Waals surface area (Å²) in [5, 5.41) is 3.79. The summed E-state index contributed by atoms with van der Waals surface area (Å²) in [7, 11) is 0. The van der Waals surface area contributed by atoms with E-state index in [1.165, 1.54) is 17.5 Å². The van der Waals surface area contributed by atoms with Gasteiger partial charge in [0.15, 0.2) is 0 Å². The lowest BCUT2D eigenvalue weighted by Gasteiger charge is -2.06. The lowest BCUT2D eigenvalue weighted by atomic mass is 10.1. The van der Waals surface area contributed by atoms with Crippen molar-refractivity contribution in [2.75, 3.05) is 11.9 Å². The highest BCUT2D eigenvalue weighted by Crippen LogP contribution is 2.12. The van der Waals surface area contributed by atoms with Crippen molar-refractivity contribution in [3.8, 4) is 0 Å². The molecule has 0 radical (unpaired) electrons. The lowest BCUT2D eigenvalue weighted by molar-refractivity contribution is 0.922. The Balaban J connectivity index is 2.49. The van der Waals surface area contributed by atoms with Gasteiger partial charge in [-0.1, -0.05) is 48.7 Å². The molecule has 1 rings (SSSR count). The molecule has 0 aliphatic rings. The van der Waals surface area contributed by atoms with Gasteiger partial charge in [-0.05, 0) is 24.1 Å². The number of halogens is 2. The summed E-state index contributed by atoms with van der Waals surface area (Å²) in [6, 6.07) is 8.38. The molecule has 0 saturated carbocycles. The molecule has 0 aliphatic carbocycles. The van der Waals surface area contributed by atoms with Crippen LogP contribution in [-0.2, 0) is 6.42 Å². The van der Waals surface area contributed by atoms with E-state index in [0.29, 0.717) is 11.6 Å². The van der Waals surface area contributed by atoms with Crippen LogP contribution in [0.2, 0.25) is 0 Å². The Morgan fingerprint density at radius 2 is 2.00 bits per heavy atom. The Kier molecular flexibility index (Phi) is 5.59. The van der Waals surface area contributed by atoms with Crippen LogP contribution in [0, 0.1) is 0 Å². The Morgan fingerprint density at radius 1 is 1.33 bits per heavy atom. The number of hydrogen-bond acceptors (Lipinski definition) is 1. The molecule has 0 aromatic heterocycles. The molecule has 0 spiro atoms. The highest BCUT2D eigenvalue weighted by atomic mass is 35.5. The number of anilines is 1. The highest BCUT2D eigenvalue weighted by molar-refractivity contribution is 6.36. The lowest BCUT2D eigenvalue weighted by Crippen LogP contribution is -2.00. The number of nitrogens with one attached hydrogen (secondary N) is 1. The molecule has 0 unspecified atom stereocenters. The van der Waals surface area contributed by atoms with Crippen LogP contribution in [0.1, 0.15) is 18.9 Å². The molecular formula is C12H15Cl2N. The first kappa shape index (κ1) is 12.4. The maximum atomic E-state index is 5.76. The molecule has 0 atom stereocenters. The Morgan fingerprint density at radius 3 is 2.53 bits per heavy atom.